The minimum atomic E-state index is -0.824. The summed E-state index contributed by atoms with van der Waals surface area (Å²) >= 11 is 0. The Hall–Kier alpha value is -2.04. The van der Waals surface area contributed by atoms with Crippen LogP contribution < -0.4 is 10.6 Å². The Labute approximate surface area is 112 Å². The smallest absolute Gasteiger partial charge is 0.319 e. The van der Waals surface area contributed by atoms with Crippen molar-refractivity contribution in [1.82, 2.24) is 5.32 Å². The SMILES string of the molecule is Cc1cccc(NC(=O)NCC2(C(=O)O)CCC2)c1. The number of aryl methyl sites for hydroxylation is 1. The molecule has 5 nitrogen and oxygen atoms in total. The fourth-order valence-electron chi connectivity index (χ4n) is 2.22. The number of anilines is 1. The normalized spacial score (nSPS) is 16.3. The maximum absolute atomic E-state index is 11.7. The molecule has 1 fully saturated rings. The van der Waals surface area contributed by atoms with Crippen molar-refractivity contribution in [1.29, 1.82) is 0 Å². The second-order valence-corrected chi connectivity index (χ2v) is 5.12. The van der Waals surface area contributed by atoms with Gasteiger partial charge in [0.15, 0.2) is 0 Å². The molecular weight excluding hydrogens is 244 g/mol. The molecule has 3 N–H and O–H groups in total. The first-order valence-corrected chi connectivity index (χ1v) is 6.37. The summed E-state index contributed by atoms with van der Waals surface area (Å²) in [4.78, 5) is 22.9. The van der Waals surface area contributed by atoms with Gasteiger partial charge in [0.2, 0.25) is 0 Å². The summed E-state index contributed by atoms with van der Waals surface area (Å²) in [7, 11) is 0. The number of nitrogens with one attached hydrogen (secondary N) is 2. The predicted molar refractivity (Wildman–Crippen MR) is 72.1 cm³/mol. The molecule has 2 rings (SSSR count). The van der Waals surface area contributed by atoms with Gasteiger partial charge in [-0.2, -0.15) is 0 Å². The van der Waals surface area contributed by atoms with E-state index in [0.717, 1.165) is 12.0 Å². The number of benzene rings is 1. The van der Waals surface area contributed by atoms with E-state index in [4.69, 9.17) is 5.11 Å². The van der Waals surface area contributed by atoms with Gasteiger partial charge in [0.1, 0.15) is 0 Å². The lowest BCUT2D eigenvalue weighted by atomic mass is 9.69. The van der Waals surface area contributed by atoms with Gasteiger partial charge >= 0.3 is 12.0 Å². The number of aliphatic carboxylic acids is 1. The number of amides is 2. The van der Waals surface area contributed by atoms with Crippen LogP contribution in [0.5, 0.6) is 0 Å². The van der Waals surface area contributed by atoms with Crippen molar-refractivity contribution in [2.75, 3.05) is 11.9 Å². The molecule has 0 aromatic heterocycles. The van der Waals surface area contributed by atoms with Crippen LogP contribution in [0, 0.1) is 12.3 Å². The molecule has 1 aromatic rings. The lowest BCUT2D eigenvalue weighted by Crippen LogP contribution is -2.48. The van der Waals surface area contributed by atoms with Crippen molar-refractivity contribution >= 4 is 17.7 Å². The number of hydrogen-bond donors (Lipinski definition) is 3. The Morgan fingerprint density at radius 1 is 1.37 bits per heavy atom. The van der Waals surface area contributed by atoms with Gasteiger partial charge in [0.05, 0.1) is 5.41 Å². The van der Waals surface area contributed by atoms with E-state index >= 15 is 0 Å². The van der Waals surface area contributed by atoms with Gasteiger partial charge in [0.25, 0.3) is 0 Å². The Kier molecular flexibility index (Phi) is 3.74. The third-order valence-electron chi connectivity index (χ3n) is 3.63. The number of carbonyl (C=O) groups is 2. The quantitative estimate of drug-likeness (QED) is 0.779. The lowest BCUT2D eigenvalue weighted by molar-refractivity contribution is -0.153. The van der Waals surface area contributed by atoms with Crippen LogP contribution in [0.4, 0.5) is 10.5 Å². The lowest BCUT2D eigenvalue weighted by Gasteiger charge is -2.37. The maximum Gasteiger partial charge on any atom is 0.319 e. The number of rotatable bonds is 4. The van der Waals surface area contributed by atoms with E-state index in [0.29, 0.717) is 18.5 Å². The molecular formula is C14H18N2O3. The zero-order chi connectivity index (χ0) is 13.9. The van der Waals surface area contributed by atoms with Crippen LogP contribution in [-0.2, 0) is 4.79 Å². The van der Waals surface area contributed by atoms with Crippen LogP contribution in [0.1, 0.15) is 24.8 Å². The van der Waals surface area contributed by atoms with Gasteiger partial charge in [-0.1, -0.05) is 18.6 Å². The second kappa shape index (κ2) is 5.30. The molecule has 0 unspecified atom stereocenters. The topological polar surface area (TPSA) is 78.4 Å². The number of carboxylic acids is 1. The van der Waals surface area contributed by atoms with Crippen molar-refractivity contribution in [2.45, 2.75) is 26.2 Å². The molecule has 0 spiro atoms. The number of urea groups is 1. The summed E-state index contributed by atoms with van der Waals surface area (Å²) in [6.45, 7) is 2.12. The number of carbonyl (C=O) groups excluding carboxylic acids is 1. The van der Waals surface area contributed by atoms with Gasteiger partial charge in [0, 0.05) is 12.2 Å². The highest BCUT2D eigenvalue weighted by atomic mass is 16.4. The van der Waals surface area contributed by atoms with Crippen LogP contribution in [0.2, 0.25) is 0 Å². The third-order valence-corrected chi connectivity index (χ3v) is 3.63. The van der Waals surface area contributed by atoms with Crippen molar-refractivity contribution in [2.24, 2.45) is 5.41 Å². The average Bonchev–Trinajstić information content (AvgIpc) is 2.26. The first kappa shape index (κ1) is 13.4. The van der Waals surface area contributed by atoms with Crippen molar-refractivity contribution in [3.63, 3.8) is 0 Å². The minimum absolute atomic E-state index is 0.181. The summed E-state index contributed by atoms with van der Waals surface area (Å²) in [5.74, 6) is -0.824. The Morgan fingerprint density at radius 2 is 2.11 bits per heavy atom. The van der Waals surface area contributed by atoms with Gasteiger partial charge in [-0.25, -0.2) is 4.79 Å². The van der Waals surface area contributed by atoms with E-state index in [2.05, 4.69) is 10.6 Å². The molecule has 102 valence electrons. The van der Waals surface area contributed by atoms with Gasteiger partial charge in [-0.15, -0.1) is 0 Å². The van der Waals surface area contributed by atoms with Crippen molar-refractivity contribution in [3.8, 4) is 0 Å². The van der Waals surface area contributed by atoms with E-state index in [-0.39, 0.29) is 12.6 Å². The van der Waals surface area contributed by atoms with E-state index in [1.54, 1.807) is 6.07 Å². The fourth-order valence-corrected chi connectivity index (χ4v) is 2.22. The molecule has 0 saturated heterocycles. The first-order chi connectivity index (χ1) is 9.02. The molecule has 0 atom stereocenters. The molecule has 1 aliphatic carbocycles. The van der Waals surface area contributed by atoms with Crippen molar-refractivity contribution in [3.05, 3.63) is 29.8 Å². The molecule has 0 radical (unpaired) electrons. The number of hydrogen-bond acceptors (Lipinski definition) is 2. The predicted octanol–water partition coefficient (Wildman–Crippen LogP) is 2.37. The maximum atomic E-state index is 11.7. The monoisotopic (exact) mass is 262 g/mol. The third kappa shape index (κ3) is 3.05. The zero-order valence-corrected chi connectivity index (χ0v) is 10.9. The van der Waals surface area contributed by atoms with Crippen LogP contribution in [0.3, 0.4) is 0 Å². The second-order valence-electron chi connectivity index (χ2n) is 5.12. The summed E-state index contributed by atoms with van der Waals surface area (Å²) in [5.41, 5.74) is 0.999. The van der Waals surface area contributed by atoms with E-state index in [1.807, 2.05) is 25.1 Å². The van der Waals surface area contributed by atoms with E-state index < -0.39 is 11.4 Å². The minimum Gasteiger partial charge on any atom is -0.481 e. The van der Waals surface area contributed by atoms with Crippen LogP contribution in [0.25, 0.3) is 0 Å². The van der Waals surface area contributed by atoms with Gasteiger partial charge in [-0.05, 0) is 37.5 Å². The first-order valence-electron chi connectivity index (χ1n) is 6.37. The molecule has 2 amide bonds. The molecule has 0 heterocycles. The Bertz CT molecular complexity index is 495. The summed E-state index contributed by atoms with van der Waals surface area (Å²) in [6, 6.07) is 7.09. The van der Waals surface area contributed by atoms with E-state index in [9.17, 15) is 9.59 Å². The van der Waals surface area contributed by atoms with E-state index in [1.165, 1.54) is 0 Å². The van der Waals surface area contributed by atoms with Crippen LogP contribution in [0.15, 0.2) is 24.3 Å². The Balaban J connectivity index is 1.87. The highest BCUT2D eigenvalue weighted by molar-refractivity contribution is 5.89. The summed E-state index contributed by atoms with van der Waals surface area (Å²) < 4.78 is 0. The summed E-state index contributed by atoms with van der Waals surface area (Å²) in [6.07, 6.45) is 2.17. The number of carboxylic acid groups (broad SMARTS) is 1. The van der Waals surface area contributed by atoms with Gasteiger partial charge in [-0.3, -0.25) is 4.79 Å². The Morgan fingerprint density at radius 3 is 2.63 bits per heavy atom. The highest BCUT2D eigenvalue weighted by Crippen LogP contribution is 2.40. The molecule has 1 saturated carbocycles. The molecule has 0 aliphatic heterocycles. The van der Waals surface area contributed by atoms with Crippen LogP contribution >= 0.6 is 0 Å². The molecule has 1 aliphatic rings. The largest absolute Gasteiger partial charge is 0.481 e. The van der Waals surface area contributed by atoms with Crippen molar-refractivity contribution < 1.29 is 14.7 Å². The van der Waals surface area contributed by atoms with Crippen LogP contribution in [-0.4, -0.2) is 23.7 Å². The molecule has 0 bridgehead atoms. The zero-order valence-electron chi connectivity index (χ0n) is 10.9. The molecule has 1 aromatic carbocycles. The molecule has 5 heteroatoms. The highest BCUT2D eigenvalue weighted by Gasteiger charge is 2.44. The van der Waals surface area contributed by atoms with Gasteiger partial charge < -0.3 is 15.7 Å². The fraction of sp³-hybridized carbons (Fsp3) is 0.429. The average molecular weight is 262 g/mol. The summed E-state index contributed by atoms with van der Waals surface area (Å²) in [5, 5.41) is 14.5. The standard InChI is InChI=1S/C14H18N2O3/c1-10-4-2-5-11(8-10)16-13(19)15-9-14(12(17)18)6-3-7-14/h2,4-5,8H,3,6-7,9H2,1H3,(H,17,18)(H2,15,16,19). The molecule has 19 heavy (non-hydrogen) atoms.